The molecule has 0 spiro atoms. The van der Waals surface area contributed by atoms with Crippen molar-refractivity contribution < 1.29 is 17.9 Å². The van der Waals surface area contributed by atoms with Gasteiger partial charge in [-0.2, -0.15) is 5.10 Å². The number of rotatable bonds is 6. The number of hydrogen-bond acceptors (Lipinski definition) is 6. The highest BCUT2D eigenvalue weighted by Crippen LogP contribution is 2.28. The molecule has 3 aromatic heterocycles. The van der Waals surface area contributed by atoms with E-state index in [2.05, 4.69) is 25.1 Å². The van der Waals surface area contributed by atoms with Gasteiger partial charge in [0.05, 0.1) is 6.20 Å². The lowest BCUT2D eigenvalue weighted by Gasteiger charge is -2.15. The maximum absolute atomic E-state index is 12.8. The van der Waals surface area contributed by atoms with Crippen molar-refractivity contribution in [3.8, 4) is 22.6 Å². The monoisotopic (exact) mass is 442 g/mol. The number of halogens is 3. The van der Waals surface area contributed by atoms with E-state index in [0.717, 1.165) is 23.3 Å². The van der Waals surface area contributed by atoms with Crippen molar-refractivity contribution >= 4 is 5.69 Å². The Hall–Kier alpha value is -4.15. The Morgan fingerprint density at radius 1 is 1.06 bits per heavy atom. The van der Waals surface area contributed by atoms with Crippen LogP contribution in [0, 0.1) is 0 Å². The number of hydrogen-bond donors (Lipinski definition) is 1. The number of alkyl halides is 3. The van der Waals surface area contributed by atoms with Crippen molar-refractivity contribution in [2.75, 3.05) is 5.32 Å². The fourth-order valence-electron chi connectivity index (χ4n) is 3.10. The van der Waals surface area contributed by atoms with Gasteiger partial charge in [0.2, 0.25) is 0 Å². The van der Waals surface area contributed by atoms with Crippen molar-refractivity contribution in [1.82, 2.24) is 24.3 Å². The number of pyridine rings is 1. The highest BCUT2D eigenvalue weighted by atomic mass is 19.4. The van der Waals surface area contributed by atoms with Gasteiger partial charge < -0.3 is 10.1 Å². The lowest BCUT2D eigenvalue weighted by Crippen LogP contribution is -2.19. The molecular formula is C21H17F3N6O2. The van der Waals surface area contributed by atoms with Crippen LogP contribution in [0.25, 0.3) is 16.8 Å². The topological polar surface area (TPSA) is 86.9 Å². The molecule has 4 aromatic rings. The maximum atomic E-state index is 12.8. The van der Waals surface area contributed by atoms with Gasteiger partial charge in [-0.3, -0.25) is 14.0 Å². The minimum absolute atomic E-state index is 0.367. The first kappa shape index (κ1) is 21.1. The molecule has 0 aliphatic heterocycles. The third-order valence-corrected chi connectivity index (χ3v) is 4.51. The summed E-state index contributed by atoms with van der Waals surface area (Å²) in [6.07, 6.45) is 5.02. The zero-order chi connectivity index (χ0) is 22.7. The second-order valence-corrected chi connectivity index (χ2v) is 6.85. The normalized spacial score (nSPS) is 11.4. The summed E-state index contributed by atoms with van der Waals surface area (Å²) in [5.41, 5.74) is 2.86. The summed E-state index contributed by atoms with van der Waals surface area (Å²) in [5.74, 6) is -0.370. The largest absolute Gasteiger partial charge is 0.573 e. The minimum atomic E-state index is -4.79. The highest BCUT2D eigenvalue weighted by molar-refractivity contribution is 5.76. The molecule has 11 heteroatoms. The molecular weight excluding hydrogens is 425 g/mol. The van der Waals surface area contributed by atoms with Gasteiger partial charge >= 0.3 is 6.36 Å². The van der Waals surface area contributed by atoms with Crippen LogP contribution in [0.1, 0.15) is 5.56 Å². The van der Waals surface area contributed by atoms with E-state index in [0.29, 0.717) is 23.5 Å². The standard InChI is InChI=1S/C21H17F3N6O2/c1-29-11-15(10-28-29)18-12-30(16-2-4-17(5-3-16)32-21(22,23)24)20(31)6-19(18)27-9-14-7-25-13-26-8-14/h2-8,10-13,27H,9H2,1H3. The van der Waals surface area contributed by atoms with Gasteiger partial charge in [0, 0.05) is 72.5 Å². The number of anilines is 1. The van der Waals surface area contributed by atoms with Gasteiger partial charge in [-0.1, -0.05) is 0 Å². The van der Waals surface area contributed by atoms with E-state index in [9.17, 15) is 18.0 Å². The molecule has 4 rings (SSSR count). The van der Waals surface area contributed by atoms with Gasteiger partial charge in [0.1, 0.15) is 12.1 Å². The van der Waals surface area contributed by atoms with Crippen LogP contribution in [0.2, 0.25) is 0 Å². The first-order chi connectivity index (χ1) is 15.3. The Labute approximate surface area is 179 Å². The molecule has 0 aliphatic rings. The molecule has 32 heavy (non-hydrogen) atoms. The van der Waals surface area contributed by atoms with Crippen LogP contribution in [0.3, 0.4) is 0 Å². The number of aryl methyl sites for hydroxylation is 1. The van der Waals surface area contributed by atoms with Crippen LogP contribution in [0.5, 0.6) is 5.75 Å². The average molecular weight is 442 g/mol. The molecule has 0 fully saturated rings. The number of nitrogens with one attached hydrogen (secondary N) is 1. The SMILES string of the molecule is Cn1cc(-c2cn(-c3ccc(OC(F)(F)F)cc3)c(=O)cc2NCc2cncnc2)cn1. The molecule has 0 unspecified atom stereocenters. The maximum Gasteiger partial charge on any atom is 0.573 e. The van der Waals surface area contributed by atoms with Gasteiger partial charge in [-0.25, -0.2) is 9.97 Å². The van der Waals surface area contributed by atoms with Crippen molar-refractivity contribution in [3.05, 3.63) is 83.6 Å². The minimum Gasteiger partial charge on any atom is -0.406 e. The zero-order valence-corrected chi connectivity index (χ0v) is 16.7. The summed E-state index contributed by atoms with van der Waals surface area (Å²) >= 11 is 0. The van der Waals surface area contributed by atoms with Crippen LogP contribution in [0.15, 0.2) is 72.4 Å². The number of ether oxygens (including phenoxy) is 1. The Kier molecular flexibility index (Phi) is 5.63. The smallest absolute Gasteiger partial charge is 0.406 e. The predicted molar refractivity (Wildman–Crippen MR) is 110 cm³/mol. The fourth-order valence-corrected chi connectivity index (χ4v) is 3.10. The summed E-state index contributed by atoms with van der Waals surface area (Å²) < 4.78 is 44.1. The molecule has 0 amide bonds. The van der Waals surface area contributed by atoms with E-state index >= 15 is 0 Å². The summed E-state index contributed by atoms with van der Waals surface area (Å²) in [6.45, 7) is 0.390. The quantitative estimate of drug-likeness (QED) is 0.492. The predicted octanol–water partition coefficient (Wildman–Crippen LogP) is 3.54. The highest BCUT2D eigenvalue weighted by Gasteiger charge is 2.31. The fraction of sp³-hybridized carbons (Fsp3) is 0.143. The van der Waals surface area contributed by atoms with Crippen LogP contribution < -0.4 is 15.6 Å². The molecule has 0 bridgehead atoms. The molecule has 0 radical (unpaired) electrons. The number of benzene rings is 1. The average Bonchev–Trinajstić information content (AvgIpc) is 3.19. The lowest BCUT2D eigenvalue weighted by molar-refractivity contribution is -0.274. The van der Waals surface area contributed by atoms with Crippen molar-refractivity contribution in [3.63, 3.8) is 0 Å². The third kappa shape index (κ3) is 4.94. The molecule has 1 N–H and O–H groups in total. The van der Waals surface area contributed by atoms with Gasteiger partial charge in [-0.05, 0) is 24.3 Å². The van der Waals surface area contributed by atoms with E-state index < -0.39 is 6.36 Å². The van der Waals surface area contributed by atoms with Crippen LogP contribution in [0.4, 0.5) is 18.9 Å². The first-order valence-corrected chi connectivity index (χ1v) is 9.38. The molecule has 0 aliphatic carbocycles. The van der Waals surface area contributed by atoms with E-state index in [4.69, 9.17) is 0 Å². The summed E-state index contributed by atoms with van der Waals surface area (Å²) in [5, 5.41) is 7.40. The number of nitrogens with zero attached hydrogens (tertiary/aromatic N) is 5. The Morgan fingerprint density at radius 2 is 1.78 bits per heavy atom. The molecule has 164 valence electrons. The third-order valence-electron chi connectivity index (χ3n) is 4.51. The molecule has 1 aromatic carbocycles. The molecule has 0 atom stereocenters. The van der Waals surface area contributed by atoms with Crippen LogP contribution >= 0.6 is 0 Å². The molecule has 3 heterocycles. The van der Waals surface area contributed by atoms with E-state index in [1.807, 2.05) is 0 Å². The van der Waals surface area contributed by atoms with E-state index in [1.54, 1.807) is 42.7 Å². The Balaban J connectivity index is 1.70. The first-order valence-electron chi connectivity index (χ1n) is 9.38. The molecule has 0 saturated carbocycles. The lowest BCUT2D eigenvalue weighted by atomic mass is 10.1. The van der Waals surface area contributed by atoms with Gasteiger partial charge in [0.25, 0.3) is 5.56 Å². The second-order valence-electron chi connectivity index (χ2n) is 6.85. The van der Waals surface area contributed by atoms with Crippen LogP contribution in [-0.4, -0.2) is 30.7 Å². The van der Waals surface area contributed by atoms with Crippen molar-refractivity contribution in [2.45, 2.75) is 12.9 Å². The Morgan fingerprint density at radius 3 is 2.41 bits per heavy atom. The van der Waals surface area contributed by atoms with Crippen molar-refractivity contribution in [1.29, 1.82) is 0 Å². The van der Waals surface area contributed by atoms with Gasteiger partial charge in [0.15, 0.2) is 0 Å². The summed E-state index contributed by atoms with van der Waals surface area (Å²) in [6, 6.07) is 6.49. The number of aromatic nitrogens is 5. The zero-order valence-electron chi connectivity index (χ0n) is 16.7. The Bertz CT molecular complexity index is 1270. The van der Waals surface area contributed by atoms with Crippen molar-refractivity contribution in [2.24, 2.45) is 7.05 Å². The van der Waals surface area contributed by atoms with Crippen LogP contribution in [-0.2, 0) is 13.6 Å². The molecule has 8 nitrogen and oxygen atoms in total. The summed E-state index contributed by atoms with van der Waals surface area (Å²) in [4.78, 5) is 20.8. The summed E-state index contributed by atoms with van der Waals surface area (Å²) in [7, 11) is 1.77. The van der Waals surface area contributed by atoms with Gasteiger partial charge in [-0.15, -0.1) is 13.2 Å². The second kappa shape index (κ2) is 8.53. The molecule has 0 saturated heterocycles. The van der Waals surface area contributed by atoms with E-state index in [1.165, 1.54) is 29.1 Å². The van der Waals surface area contributed by atoms with E-state index in [-0.39, 0.29) is 11.3 Å².